The van der Waals surface area contributed by atoms with Crippen molar-refractivity contribution in [2.75, 3.05) is 26.2 Å². The van der Waals surface area contributed by atoms with E-state index in [1.54, 1.807) is 27.4 Å². The Balaban J connectivity index is 1.84. The van der Waals surface area contributed by atoms with E-state index >= 15 is 0 Å². The summed E-state index contributed by atoms with van der Waals surface area (Å²) in [7, 11) is -3.57. The number of amides is 1. The van der Waals surface area contributed by atoms with Gasteiger partial charge in [-0.2, -0.15) is 4.31 Å². The molecule has 2 heterocycles. The molecule has 2 saturated heterocycles. The van der Waals surface area contributed by atoms with Crippen LogP contribution in [0.5, 0.6) is 0 Å². The number of piperidine rings is 1. The highest BCUT2D eigenvalue weighted by Crippen LogP contribution is 2.26. The van der Waals surface area contributed by atoms with E-state index in [0.717, 1.165) is 19.3 Å². The molecule has 0 aromatic heterocycles. The maximum atomic E-state index is 13.0. The average Bonchev–Trinajstić information content (AvgIpc) is 2.61. The summed E-state index contributed by atoms with van der Waals surface area (Å²) < 4.78 is 33.0. The Kier molecular flexibility index (Phi) is 5.46. The molecule has 2 aliphatic rings. The minimum Gasteiger partial charge on any atom is -0.375 e. The quantitative estimate of drug-likeness (QED) is 0.822. The van der Waals surface area contributed by atoms with Crippen LogP contribution in [0, 0.1) is 0 Å². The van der Waals surface area contributed by atoms with Crippen molar-refractivity contribution in [3.8, 4) is 0 Å². The molecule has 6 nitrogen and oxygen atoms in total. The number of rotatable bonds is 3. The molecule has 2 unspecified atom stereocenters. The van der Waals surface area contributed by atoms with Gasteiger partial charge in [0.05, 0.1) is 17.6 Å². The number of hydrogen-bond acceptors (Lipinski definition) is 4. The zero-order chi connectivity index (χ0) is 18.0. The van der Waals surface area contributed by atoms with E-state index in [1.807, 2.05) is 13.8 Å². The molecule has 2 aliphatic heterocycles. The van der Waals surface area contributed by atoms with Crippen LogP contribution in [0.25, 0.3) is 0 Å². The van der Waals surface area contributed by atoms with E-state index < -0.39 is 10.0 Å². The van der Waals surface area contributed by atoms with Gasteiger partial charge in [0, 0.05) is 31.2 Å². The van der Waals surface area contributed by atoms with Gasteiger partial charge in [-0.1, -0.05) is 12.5 Å². The van der Waals surface area contributed by atoms with Gasteiger partial charge in [-0.3, -0.25) is 4.79 Å². The molecular weight excluding hydrogens is 340 g/mol. The molecule has 2 atom stereocenters. The zero-order valence-electron chi connectivity index (χ0n) is 14.8. The first-order chi connectivity index (χ1) is 11.9. The molecule has 1 aromatic rings. The lowest BCUT2D eigenvalue weighted by Crippen LogP contribution is -2.44. The molecule has 0 aliphatic carbocycles. The molecule has 2 fully saturated rings. The largest absolute Gasteiger partial charge is 0.375 e. The number of nitrogens with zero attached hydrogens (tertiary/aromatic N) is 2. The van der Waals surface area contributed by atoms with Gasteiger partial charge < -0.3 is 9.64 Å². The second kappa shape index (κ2) is 7.43. The minimum absolute atomic E-state index is 0.00110. The molecule has 0 N–H and O–H groups in total. The van der Waals surface area contributed by atoms with Gasteiger partial charge in [0.2, 0.25) is 10.0 Å². The molecule has 7 heteroatoms. The van der Waals surface area contributed by atoms with E-state index in [0.29, 0.717) is 31.8 Å². The van der Waals surface area contributed by atoms with Gasteiger partial charge in [0.1, 0.15) is 0 Å². The van der Waals surface area contributed by atoms with Gasteiger partial charge in [0.15, 0.2) is 0 Å². The highest BCUT2D eigenvalue weighted by molar-refractivity contribution is 7.89. The predicted molar refractivity (Wildman–Crippen MR) is 95.0 cm³/mol. The lowest BCUT2D eigenvalue weighted by Gasteiger charge is -2.33. The molecule has 138 valence electrons. The fourth-order valence-electron chi connectivity index (χ4n) is 3.54. The van der Waals surface area contributed by atoms with Crippen molar-refractivity contribution in [3.05, 3.63) is 29.8 Å². The van der Waals surface area contributed by atoms with Crippen LogP contribution in [0.4, 0.5) is 0 Å². The molecule has 1 amide bonds. The Morgan fingerprint density at radius 1 is 1.20 bits per heavy atom. The lowest BCUT2D eigenvalue weighted by molar-refractivity contribution is -0.0124. The van der Waals surface area contributed by atoms with E-state index in [1.165, 1.54) is 6.07 Å². The van der Waals surface area contributed by atoms with E-state index in [2.05, 4.69) is 0 Å². The second-order valence-corrected chi connectivity index (χ2v) is 8.81. The van der Waals surface area contributed by atoms with Crippen molar-refractivity contribution in [1.82, 2.24) is 9.21 Å². The van der Waals surface area contributed by atoms with Crippen LogP contribution in [-0.2, 0) is 14.8 Å². The molecule has 3 rings (SSSR count). The summed E-state index contributed by atoms with van der Waals surface area (Å²) in [6, 6.07) is 6.42. The molecule has 25 heavy (non-hydrogen) atoms. The Bertz CT molecular complexity index is 734. The summed E-state index contributed by atoms with van der Waals surface area (Å²) in [6.07, 6.45) is 2.82. The number of benzene rings is 1. The van der Waals surface area contributed by atoms with Gasteiger partial charge >= 0.3 is 0 Å². The van der Waals surface area contributed by atoms with Crippen molar-refractivity contribution in [3.63, 3.8) is 0 Å². The number of hydrogen-bond donors (Lipinski definition) is 0. The van der Waals surface area contributed by atoms with Crippen molar-refractivity contribution < 1.29 is 17.9 Å². The molecule has 0 radical (unpaired) electrons. The SMILES string of the molecule is CC1CN(C(=O)c2cccc(S(=O)(=O)N3CCCCC3C)c2)CCO1. The van der Waals surface area contributed by atoms with Crippen molar-refractivity contribution >= 4 is 15.9 Å². The van der Waals surface area contributed by atoms with Crippen LogP contribution < -0.4 is 0 Å². The summed E-state index contributed by atoms with van der Waals surface area (Å²) in [4.78, 5) is 14.7. The van der Waals surface area contributed by atoms with E-state index in [-0.39, 0.29) is 22.9 Å². The fourth-order valence-corrected chi connectivity index (χ4v) is 5.29. The second-order valence-electron chi connectivity index (χ2n) is 6.92. The smallest absolute Gasteiger partial charge is 0.254 e. The third-order valence-corrected chi connectivity index (χ3v) is 6.97. The highest BCUT2D eigenvalue weighted by atomic mass is 32.2. The number of carbonyl (C=O) groups excluding carboxylic acids is 1. The van der Waals surface area contributed by atoms with Gasteiger partial charge in [-0.25, -0.2) is 8.42 Å². The van der Waals surface area contributed by atoms with Crippen LogP contribution in [-0.4, -0.2) is 61.9 Å². The Morgan fingerprint density at radius 2 is 2.00 bits per heavy atom. The maximum Gasteiger partial charge on any atom is 0.254 e. The summed E-state index contributed by atoms with van der Waals surface area (Å²) >= 11 is 0. The number of ether oxygens (including phenoxy) is 1. The summed E-state index contributed by atoms with van der Waals surface area (Å²) in [5, 5.41) is 0. The van der Waals surface area contributed by atoms with E-state index in [4.69, 9.17) is 4.74 Å². The number of morpholine rings is 1. The first kappa shape index (κ1) is 18.4. The zero-order valence-corrected chi connectivity index (χ0v) is 15.7. The maximum absolute atomic E-state index is 13.0. The third-order valence-electron chi connectivity index (χ3n) is 4.96. The Morgan fingerprint density at radius 3 is 2.72 bits per heavy atom. The van der Waals surface area contributed by atoms with Crippen LogP contribution in [0.2, 0.25) is 0 Å². The van der Waals surface area contributed by atoms with Gasteiger partial charge in [0.25, 0.3) is 5.91 Å². The van der Waals surface area contributed by atoms with Gasteiger partial charge in [-0.15, -0.1) is 0 Å². The van der Waals surface area contributed by atoms with Crippen molar-refractivity contribution in [1.29, 1.82) is 0 Å². The van der Waals surface area contributed by atoms with E-state index in [9.17, 15) is 13.2 Å². The first-order valence-corrected chi connectivity index (χ1v) is 10.4. The number of sulfonamides is 1. The monoisotopic (exact) mass is 366 g/mol. The highest BCUT2D eigenvalue weighted by Gasteiger charge is 2.31. The summed E-state index contributed by atoms with van der Waals surface area (Å²) in [5.74, 6) is -0.140. The van der Waals surface area contributed by atoms with Crippen LogP contribution in [0.15, 0.2) is 29.2 Å². The fraction of sp³-hybridized carbons (Fsp3) is 0.611. The summed E-state index contributed by atoms with van der Waals surface area (Å²) in [5.41, 5.74) is 0.417. The number of carbonyl (C=O) groups is 1. The molecule has 1 aromatic carbocycles. The third kappa shape index (κ3) is 3.88. The minimum atomic E-state index is -3.57. The molecule has 0 saturated carbocycles. The standard InChI is InChI=1S/C18H26N2O4S/c1-14-6-3-4-9-20(14)25(22,23)17-8-5-7-16(12-17)18(21)19-10-11-24-15(2)13-19/h5,7-8,12,14-15H,3-4,6,9-11,13H2,1-2H3. The topological polar surface area (TPSA) is 66.9 Å². The van der Waals surface area contributed by atoms with Crippen molar-refractivity contribution in [2.24, 2.45) is 0 Å². The first-order valence-electron chi connectivity index (χ1n) is 8.92. The van der Waals surface area contributed by atoms with Crippen molar-refractivity contribution in [2.45, 2.75) is 50.2 Å². The lowest BCUT2D eigenvalue weighted by atomic mass is 10.1. The predicted octanol–water partition coefficient (Wildman–Crippen LogP) is 2.11. The molecule has 0 bridgehead atoms. The van der Waals surface area contributed by atoms with Gasteiger partial charge in [-0.05, 0) is 44.9 Å². The van der Waals surface area contributed by atoms with Crippen LogP contribution in [0.3, 0.4) is 0 Å². The van der Waals surface area contributed by atoms with Crippen LogP contribution in [0.1, 0.15) is 43.5 Å². The Hall–Kier alpha value is -1.44. The molecular formula is C18H26N2O4S. The average molecular weight is 366 g/mol. The summed E-state index contributed by atoms with van der Waals surface area (Å²) in [6.45, 7) is 5.99. The van der Waals surface area contributed by atoms with Crippen LogP contribution >= 0.6 is 0 Å². The normalized spacial score (nSPS) is 25.8. The Labute approximate surface area is 149 Å². The molecule has 0 spiro atoms.